The van der Waals surface area contributed by atoms with Crippen molar-refractivity contribution in [1.29, 1.82) is 0 Å². The van der Waals surface area contributed by atoms with Crippen LogP contribution in [0.3, 0.4) is 0 Å². The molecule has 1 aliphatic heterocycles. The molecule has 2 rings (SSSR count). The number of hydrogen-bond acceptors (Lipinski definition) is 3. The van der Waals surface area contributed by atoms with Crippen molar-refractivity contribution in [2.75, 3.05) is 16.6 Å². The van der Waals surface area contributed by atoms with Crippen LogP contribution in [0.15, 0.2) is 24.3 Å². The van der Waals surface area contributed by atoms with Crippen molar-refractivity contribution in [2.24, 2.45) is 11.7 Å². The van der Waals surface area contributed by atoms with E-state index in [2.05, 4.69) is 0 Å². The van der Waals surface area contributed by atoms with Crippen LogP contribution in [0, 0.1) is 5.92 Å². The average Bonchev–Trinajstić information content (AvgIpc) is 2.52. The minimum Gasteiger partial charge on any atom is -0.324 e. The van der Waals surface area contributed by atoms with Crippen LogP contribution in [-0.4, -0.2) is 20.7 Å². The fraction of sp³-hybridized carbons (Fsp3) is 0.500. The van der Waals surface area contributed by atoms with E-state index in [1.807, 2.05) is 38.1 Å². The first-order valence-corrected chi connectivity index (χ1v) is 7.37. The van der Waals surface area contributed by atoms with Crippen LogP contribution in [0.4, 0.5) is 5.69 Å². The largest absolute Gasteiger partial charge is 0.324 e. The van der Waals surface area contributed by atoms with E-state index in [1.165, 1.54) is 4.31 Å². The number of anilines is 1. The van der Waals surface area contributed by atoms with Gasteiger partial charge in [0.15, 0.2) is 0 Å². The lowest BCUT2D eigenvalue weighted by Crippen LogP contribution is -2.25. The molecule has 4 nitrogen and oxygen atoms in total. The monoisotopic (exact) mass is 254 g/mol. The lowest BCUT2D eigenvalue weighted by Gasteiger charge is -2.18. The van der Waals surface area contributed by atoms with Gasteiger partial charge in [-0.2, -0.15) is 0 Å². The smallest absolute Gasteiger partial charge is 0.235 e. The van der Waals surface area contributed by atoms with Gasteiger partial charge in [0.2, 0.25) is 10.0 Å². The highest BCUT2D eigenvalue weighted by Gasteiger charge is 2.33. The fourth-order valence-electron chi connectivity index (χ4n) is 2.13. The van der Waals surface area contributed by atoms with Crippen LogP contribution in [0.25, 0.3) is 0 Å². The van der Waals surface area contributed by atoms with Crippen molar-refractivity contribution in [3.05, 3.63) is 29.8 Å². The molecular formula is C12H18N2O2S. The Morgan fingerprint density at radius 1 is 1.47 bits per heavy atom. The Balaban J connectivity index is 2.38. The zero-order chi connectivity index (χ0) is 12.6. The summed E-state index contributed by atoms with van der Waals surface area (Å²) in [6.07, 6.45) is 0. The summed E-state index contributed by atoms with van der Waals surface area (Å²) in [4.78, 5) is 0. The predicted molar refractivity (Wildman–Crippen MR) is 69.3 cm³/mol. The SMILES string of the molecule is CC1CN(c2cccc(C(C)N)c2)S(=O)(=O)C1. The highest BCUT2D eigenvalue weighted by Crippen LogP contribution is 2.28. The Morgan fingerprint density at radius 2 is 2.18 bits per heavy atom. The summed E-state index contributed by atoms with van der Waals surface area (Å²) >= 11 is 0. The van der Waals surface area contributed by atoms with Gasteiger partial charge in [0.1, 0.15) is 0 Å². The van der Waals surface area contributed by atoms with Gasteiger partial charge in [-0.1, -0.05) is 19.1 Å². The molecule has 1 aromatic carbocycles. The number of nitrogens with two attached hydrogens (primary N) is 1. The molecule has 0 aromatic heterocycles. The number of rotatable bonds is 2. The number of benzene rings is 1. The lowest BCUT2D eigenvalue weighted by molar-refractivity contribution is 0.598. The third-order valence-electron chi connectivity index (χ3n) is 2.99. The standard InChI is InChI=1S/C12H18N2O2S/c1-9-7-14(17(15,16)8-9)12-5-3-4-11(6-12)10(2)13/h3-6,9-10H,7-8,13H2,1-2H3. The molecule has 0 amide bonds. The van der Waals surface area contributed by atoms with E-state index < -0.39 is 10.0 Å². The Hall–Kier alpha value is -1.07. The first kappa shape index (κ1) is 12.4. The van der Waals surface area contributed by atoms with Crippen molar-refractivity contribution in [1.82, 2.24) is 0 Å². The molecule has 1 saturated heterocycles. The molecule has 1 fully saturated rings. The molecule has 0 radical (unpaired) electrons. The van der Waals surface area contributed by atoms with Crippen molar-refractivity contribution >= 4 is 15.7 Å². The lowest BCUT2D eigenvalue weighted by atomic mass is 10.1. The van der Waals surface area contributed by atoms with E-state index in [0.29, 0.717) is 6.54 Å². The minimum atomic E-state index is -3.14. The molecule has 17 heavy (non-hydrogen) atoms. The first-order valence-electron chi connectivity index (χ1n) is 5.76. The molecule has 0 saturated carbocycles. The molecule has 0 spiro atoms. The third kappa shape index (κ3) is 2.45. The predicted octanol–water partition coefficient (Wildman–Crippen LogP) is 1.49. The summed E-state index contributed by atoms with van der Waals surface area (Å²) in [6.45, 7) is 4.40. The average molecular weight is 254 g/mol. The second kappa shape index (κ2) is 4.31. The van der Waals surface area contributed by atoms with Gasteiger partial charge in [-0.25, -0.2) is 8.42 Å². The van der Waals surface area contributed by atoms with Crippen molar-refractivity contribution in [2.45, 2.75) is 19.9 Å². The summed E-state index contributed by atoms with van der Waals surface area (Å²) in [6, 6.07) is 7.37. The molecule has 0 aliphatic carbocycles. The third-order valence-corrected chi connectivity index (χ3v) is 5.01. The fourth-order valence-corrected chi connectivity index (χ4v) is 4.05. The summed E-state index contributed by atoms with van der Waals surface area (Å²) in [5.41, 5.74) is 7.49. The summed E-state index contributed by atoms with van der Waals surface area (Å²) < 4.78 is 25.4. The molecule has 1 aromatic rings. The summed E-state index contributed by atoms with van der Waals surface area (Å²) in [7, 11) is -3.14. The minimum absolute atomic E-state index is 0.0855. The van der Waals surface area contributed by atoms with E-state index in [1.54, 1.807) is 0 Å². The molecule has 2 N–H and O–H groups in total. The van der Waals surface area contributed by atoms with Gasteiger partial charge in [0.25, 0.3) is 0 Å². The first-order chi connectivity index (χ1) is 7.90. The van der Waals surface area contributed by atoms with Gasteiger partial charge >= 0.3 is 0 Å². The molecule has 2 atom stereocenters. The second-order valence-electron chi connectivity index (χ2n) is 4.80. The Labute approximate surface area is 102 Å². The van der Waals surface area contributed by atoms with Gasteiger partial charge in [0.05, 0.1) is 11.4 Å². The summed E-state index contributed by atoms with van der Waals surface area (Å²) in [5, 5.41) is 0. The van der Waals surface area contributed by atoms with Crippen LogP contribution >= 0.6 is 0 Å². The number of nitrogens with zero attached hydrogens (tertiary/aromatic N) is 1. The van der Waals surface area contributed by atoms with Crippen LogP contribution < -0.4 is 10.0 Å². The number of hydrogen-bond donors (Lipinski definition) is 1. The molecular weight excluding hydrogens is 236 g/mol. The van der Waals surface area contributed by atoms with Crippen LogP contribution in [0.5, 0.6) is 0 Å². The topological polar surface area (TPSA) is 63.4 Å². The van der Waals surface area contributed by atoms with Crippen LogP contribution in [0.2, 0.25) is 0 Å². The van der Waals surface area contributed by atoms with Crippen molar-refractivity contribution in [3.8, 4) is 0 Å². The van der Waals surface area contributed by atoms with Crippen LogP contribution in [0.1, 0.15) is 25.5 Å². The van der Waals surface area contributed by atoms with Gasteiger partial charge in [-0.3, -0.25) is 4.31 Å². The van der Waals surface area contributed by atoms with Gasteiger partial charge in [-0.05, 0) is 30.5 Å². The molecule has 0 bridgehead atoms. The van der Waals surface area contributed by atoms with Gasteiger partial charge in [-0.15, -0.1) is 0 Å². The van der Waals surface area contributed by atoms with Gasteiger partial charge in [0, 0.05) is 12.6 Å². The Morgan fingerprint density at radius 3 is 2.71 bits per heavy atom. The van der Waals surface area contributed by atoms with Crippen molar-refractivity contribution in [3.63, 3.8) is 0 Å². The van der Waals surface area contributed by atoms with E-state index in [9.17, 15) is 8.42 Å². The highest BCUT2D eigenvalue weighted by atomic mass is 32.2. The maximum atomic E-state index is 11.9. The maximum Gasteiger partial charge on any atom is 0.235 e. The number of sulfonamides is 1. The zero-order valence-corrected chi connectivity index (χ0v) is 10.9. The summed E-state index contributed by atoms with van der Waals surface area (Å²) in [5.74, 6) is 0.411. The maximum absolute atomic E-state index is 11.9. The molecule has 94 valence electrons. The molecule has 5 heteroatoms. The van der Waals surface area contributed by atoms with E-state index >= 15 is 0 Å². The Bertz CT molecular complexity index is 511. The molecule has 2 unspecified atom stereocenters. The highest BCUT2D eigenvalue weighted by molar-refractivity contribution is 7.93. The van der Waals surface area contributed by atoms with E-state index in [-0.39, 0.29) is 17.7 Å². The molecule has 1 aliphatic rings. The van der Waals surface area contributed by atoms with Crippen LogP contribution in [-0.2, 0) is 10.0 Å². The van der Waals surface area contributed by atoms with E-state index in [4.69, 9.17) is 5.73 Å². The zero-order valence-electron chi connectivity index (χ0n) is 10.1. The normalized spacial score (nSPS) is 24.9. The second-order valence-corrected chi connectivity index (χ2v) is 6.74. The van der Waals surface area contributed by atoms with E-state index in [0.717, 1.165) is 11.3 Å². The molecule has 1 heterocycles. The van der Waals surface area contributed by atoms with Crippen molar-refractivity contribution < 1.29 is 8.42 Å². The quantitative estimate of drug-likeness (QED) is 0.869. The Kier molecular flexibility index (Phi) is 3.14. The van der Waals surface area contributed by atoms with Gasteiger partial charge < -0.3 is 5.73 Å².